The highest BCUT2D eigenvalue weighted by molar-refractivity contribution is 7.90. The highest BCUT2D eigenvalue weighted by Gasteiger charge is 2.40. The summed E-state index contributed by atoms with van der Waals surface area (Å²) < 4.78 is 80.8. The molecule has 0 aliphatic carbocycles. The van der Waals surface area contributed by atoms with E-state index in [9.17, 15) is 25.3 Å². The Balaban J connectivity index is 1.86. The van der Waals surface area contributed by atoms with Crippen LogP contribution in [0.3, 0.4) is 0 Å². The molecule has 12 heteroatoms. The van der Waals surface area contributed by atoms with Crippen LogP contribution in [0.5, 0.6) is 0 Å². The zero-order valence-electron chi connectivity index (χ0n) is 14.6. The van der Waals surface area contributed by atoms with Gasteiger partial charge in [-0.05, 0) is 18.2 Å². The molecule has 0 N–H and O–H groups in total. The van der Waals surface area contributed by atoms with Gasteiger partial charge < -0.3 is 0 Å². The lowest BCUT2D eigenvalue weighted by Gasteiger charge is -2.15. The number of benzene rings is 2. The molecule has 150 valence electrons. The fraction of sp³-hybridized carbons (Fsp3) is 0.375. The van der Waals surface area contributed by atoms with E-state index in [2.05, 4.69) is 0 Å². The first-order chi connectivity index (χ1) is 13.1. The number of hydrogen-bond acceptors (Lipinski definition) is 6. The van der Waals surface area contributed by atoms with Gasteiger partial charge in [0.05, 0.1) is 14.7 Å². The van der Waals surface area contributed by atoms with E-state index in [-0.39, 0.29) is 25.5 Å². The van der Waals surface area contributed by atoms with E-state index in [1.807, 2.05) is 0 Å². The Bertz CT molecular complexity index is 1320. The second kappa shape index (κ2) is 5.74. The lowest BCUT2D eigenvalue weighted by atomic mass is 10.1. The van der Waals surface area contributed by atoms with Crippen molar-refractivity contribution in [2.75, 3.05) is 39.3 Å². The molecule has 3 saturated heterocycles. The van der Waals surface area contributed by atoms with Crippen LogP contribution in [0.2, 0.25) is 0 Å². The van der Waals surface area contributed by atoms with Gasteiger partial charge in [0.25, 0.3) is 0 Å². The molecular weight excluding hydrogens is 426 g/mol. The summed E-state index contributed by atoms with van der Waals surface area (Å²) in [5, 5.41) is 0.317. The van der Waals surface area contributed by atoms with Gasteiger partial charge in [0, 0.05) is 50.0 Å². The molecule has 0 amide bonds. The van der Waals surface area contributed by atoms with E-state index in [0.717, 1.165) is 6.07 Å². The Morgan fingerprint density at radius 2 is 1.07 bits per heavy atom. The van der Waals surface area contributed by atoms with Crippen molar-refractivity contribution in [3.63, 3.8) is 0 Å². The third-order valence-corrected chi connectivity index (χ3v) is 10.8. The van der Waals surface area contributed by atoms with Gasteiger partial charge in [-0.1, -0.05) is 12.1 Å². The molecule has 3 aliphatic rings. The first-order valence-electron chi connectivity index (χ1n) is 8.71. The van der Waals surface area contributed by atoms with Crippen LogP contribution in [0.15, 0.2) is 45.0 Å². The maximum Gasteiger partial charge on any atom is 0.243 e. The van der Waals surface area contributed by atoms with Gasteiger partial charge in [-0.25, -0.2) is 25.3 Å². The van der Waals surface area contributed by atoms with Gasteiger partial charge in [-0.2, -0.15) is 12.9 Å². The van der Waals surface area contributed by atoms with Gasteiger partial charge in [-0.3, -0.25) is 0 Å². The molecule has 2 aromatic carbocycles. The highest BCUT2D eigenvalue weighted by atomic mass is 32.2. The number of sulfonamides is 3. The van der Waals surface area contributed by atoms with Crippen molar-refractivity contribution >= 4 is 40.8 Å². The van der Waals surface area contributed by atoms with Gasteiger partial charge in [0.2, 0.25) is 30.1 Å². The van der Waals surface area contributed by atoms with E-state index >= 15 is 0 Å². The lowest BCUT2D eigenvalue weighted by molar-refractivity contribution is 0.559. The summed E-state index contributed by atoms with van der Waals surface area (Å²) >= 11 is 0. The number of rotatable bonds is 6. The first-order valence-corrected chi connectivity index (χ1v) is 13.0. The molecule has 2 aromatic rings. The van der Waals surface area contributed by atoms with Crippen LogP contribution in [-0.4, -0.2) is 77.4 Å². The molecule has 0 aromatic heterocycles. The van der Waals surface area contributed by atoms with E-state index in [0.29, 0.717) is 39.3 Å². The molecule has 0 bridgehead atoms. The largest absolute Gasteiger partial charge is 0.243 e. The summed E-state index contributed by atoms with van der Waals surface area (Å²) in [6, 6.07) is 6.81. The monoisotopic (exact) mass is 443 g/mol. The maximum atomic E-state index is 12.9. The minimum atomic E-state index is -3.91. The molecule has 0 saturated carbocycles. The molecule has 28 heavy (non-hydrogen) atoms. The van der Waals surface area contributed by atoms with Crippen molar-refractivity contribution in [2.24, 2.45) is 0 Å². The summed E-state index contributed by atoms with van der Waals surface area (Å²) in [7, 11) is -11.6. The Morgan fingerprint density at radius 3 is 1.61 bits per heavy atom. The highest BCUT2D eigenvalue weighted by Crippen LogP contribution is 2.37. The first kappa shape index (κ1) is 18.5. The van der Waals surface area contributed by atoms with Crippen molar-refractivity contribution in [2.45, 2.75) is 14.7 Å². The minimum Gasteiger partial charge on any atom is -0.207 e. The zero-order chi connectivity index (χ0) is 19.9. The molecule has 9 nitrogen and oxygen atoms in total. The normalized spacial score (nSPS) is 21.1. The lowest BCUT2D eigenvalue weighted by Crippen LogP contribution is -2.17. The summed E-state index contributed by atoms with van der Waals surface area (Å²) in [6.45, 7) is 2.23. The molecule has 0 radical (unpaired) electrons. The van der Waals surface area contributed by atoms with Gasteiger partial charge in [0.1, 0.15) is 0 Å². The van der Waals surface area contributed by atoms with Crippen molar-refractivity contribution in [3.05, 3.63) is 30.3 Å². The summed E-state index contributed by atoms with van der Waals surface area (Å²) in [6.07, 6.45) is 0. The maximum absolute atomic E-state index is 12.9. The van der Waals surface area contributed by atoms with Crippen LogP contribution in [-0.2, 0) is 30.1 Å². The van der Waals surface area contributed by atoms with Crippen LogP contribution < -0.4 is 0 Å². The molecule has 5 rings (SSSR count). The summed E-state index contributed by atoms with van der Waals surface area (Å²) in [5.41, 5.74) is 0. The average Bonchev–Trinajstić information content (AvgIpc) is 3.52. The van der Waals surface area contributed by atoms with E-state index in [4.69, 9.17) is 0 Å². The second-order valence-electron chi connectivity index (χ2n) is 6.98. The van der Waals surface area contributed by atoms with Gasteiger partial charge in [-0.15, -0.1) is 0 Å². The number of nitrogens with zero attached hydrogens (tertiary/aromatic N) is 3. The van der Waals surface area contributed by atoms with Crippen molar-refractivity contribution in [1.82, 2.24) is 12.9 Å². The van der Waals surface area contributed by atoms with Crippen molar-refractivity contribution < 1.29 is 25.3 Å². The number of fused-ring (bicyclic) bond motifs is 1. The standard InChI is InChI=1S/C16H17N3O6S3/c20-26(21,17-4-5-17)12-10-14-13(16(11-12)28(24,25)19-8-9-19)2-1-3-15(14)27(22,23)18-6-7-18/h1-3,10-11H,4-9H2. The molecule has 3 fully saturated rings. The summed E-state index contributed by atoms with van der Waals surface area (Å²) in [5.74, 6) is 0. The fourth-order valence-electron chi connectivity index (χ4n) is 3.16. The third-order valence-electron chi connectivity index (χ3n) is 4.98. The van der Waals surface area contributed by atoms with Crippen LogP contribution in [0.1, 0.15) is 0 Å². The van der Waals surface area contributed by atoms with E-state index in [1.165, 1.54) is 37.2 Å². The second-order valence-corrected chi connectivity index (χ2v) is 12.7. The van der Waals surface area contributed by atoms with E-state index < -0.39 is 30.1 Å². The molecule has 3 heterocycles. The van der Waals surface area contributed by atoms with Gasteiger partial charge in [0.15, 0.2) is 0 Å². The minimum absolute atomic E-state index is 0.0763. The quantitative estimate of drug-likeness (QED) is 0.574. The third kappa shape index (κ3) is 2.78. The van der Waals surface area contributed by atoms with Crippen molar-refractivity contribution in [3.8, 4) is 0 Å². The molecule has 0 atom stereocenters. The predicted molar refractivity (Wildman–Crippen MR) is 100 cm³/mol. The Hall–Kier alpha value is -1.57. The SMILES string of the molecule is O=S(=O)(c1cc(S(=O)(=O)N2CC2)c2cccc(S(=O)(=O)N3CC3)c2c1)N1CC1. The van der Waals surface area contributed by atoms with Crippen LogP contribution in [0.4, 0.5) is 0 Å². The smallest absolute Gasteiger partial charge is 0.207 e. The Kier molecular flexibility index (Phi) is 3.78. The molecule has 3 aliphatic heterocycles. The van der Waals surface area contributed by atoms with Crippen LogP contribution in [0, 0.1) is 0 Å². The van der Waals surface area contributed by atoms with Gasteiger partial charge >= 0.3 is 0 Å². The van der Waals surface area contributed by atoms with Crippen LogP contribution >= 0.6 is 0 Å². The molecular formula is C16H17N3O6S3. The topological polar surface area (TPSA) is 111 Å². The van der Waals surface area contributed by atoms with Crippen LogP contribution in [0.25, 0.3) is 10.8 Å². The summed E-state index contributed by atoms with van der Waals surface area (Å²) in [4.78, 5) is -0.454. The van der Waals surface area contributed by atoms with E-state index in [1.54, 1.807) is 0 Å². The fourth-order valence-corrected chi connectivity index (χ4v) is 7.74. The molecule has 0 spiro atoms. The predicted octanol–water partition coefficient (Wildman–Crippen LogP) is -0.147. The van der Waals surface area contributed by atoms with Crippen molar-refractivity contribution in [1.29, 1.82) is 0 Å². The average molecular weight is 444 g/mol. The Morgan fingerprint density at radius 1 is 0.571 bits per heavy atom. The Labute approximate surface area is 163 Å². The number of hydrogen-bond donors (Lipinski definition) is 0. The molecule has 0 unspecified atom stereocenters. The zero-order valence-corrected chi connectivity index (χ0v) is 17.1.